The van der Waals surface area contributed by atoms with Crippen molar-refractivity contribution < 1.29 is 71.4 Å². The molecule has 0 rings (SSSR count). The van der Waals surface area contributed by atoms with Crippen LogP contribution < -0.4 is 16.4 Å². The molecule has 6 N–H and O–H groups in total. The van der Waals surface area contributed by atoms with Crippen LogP contribution in [0.4, 0.5) is 0 Å². The number of hydrogen-bond donors (Lipinski definition) is 4. The summed E-state index contributed by atoms with van der Waals surface area (Å²) < 4.78 is 0. The Bertz CT molecular complexity index is 804. The standard InChI is InChI=1S/C16H30O3.C11H18N3O4.C4H7BNO.C2H7N.Y/c17-15-13-11-9-7-5-3-1-2-4-6-8-10-12-14-16(18)19;1-12-10(8-16)2-3-11(18)13-4-5-14(9-17)6-7-15;1-4(2,6)3(5)7;1-2-3;/h15H,1-14H2,(H,18,19);8-10,12H,2-6H2,1H3,(H,13,18);6H,1-2H3;2-3H2,1H3;/q;2*-1;;. The summed E-state index contributed by atoms with van der Waals surface area (Å²) in [6.45, 7) is 5.98. The Morgan fingerprint density at radius 1 is 0.938 bits per heavy atom. The van der Waals surface area contributed by atoms with E-state index in [0.717, 1.165) is 44.8 Å². The molecule has 1 atom stereocenters. The van der Waals surface area contributed by atoms with Crippen LogP contribution in [0.3, 0.4) is 0 Å². The second-order valence-electron chi connectivity index (χ2n) is 11.4. The fourth-order valence-corrected chi connectivity index (χ4v) is 3.52. The molecule has 0 saturated heterocycles. The van der Waals surface area contributed by atoms with Crippen molar-refractivity contribution in [3.63, 3.8) is 0 Å². The van der Waals surface area contributed by atoms with Crippen LogP contribution in [0, 0.1) is 0 Å². The third-order valence-corrected chi connectivity index (χ3v) is 6.43. The van der Waals surface area contributed by atoms with Gasteiger partial charge in [-0.25, -0.2) is 6.29 Å². The summed E-state index contributed by atoms with van der Waals surface area (Å²) in [6.07, 6.45) is 20.0. The molecule has 0 aliphatic rings. The molecule has 0 aromatic heterocycles. The number of rotatable bonds is 27. The van der Waals surface area contributed by atoms with Gasteiger partial charge in [0.05, 0.1) is 11.7 Å². The minimum Gasteiger partial charge on any atom is -0.667 e. The average molecular weight is 757 g/mol. The molecule has 0 fully saturated rings. The first kappa shape index (κ1) is 55.5. The number of carboxylic acids is 1. The van der Waals surface area contributed by atoms with Gasteiger partial charge in [-0.05, 0) is 32.9 Å². The van der Waals surface area contributed by atoms with Gasteiger partial charge in [0, 0.05) is 65.1 Å². The number of carboxylic acid groups (broad SMARTS) is 1. The van der Waals surface area contributed by atoms with Gasteiger partial charge >= 0.3 is 5.97 Å². The topological polar surface area (TPSA) is 217 Å². The molecule has 0 bridgehead atoms. The Hall–Kier alpha value is -1.86. The van der Waals surface area contributed by atoms with Crippen LogP contribution >= 0.6 is 0 Å². The molecule has 0 aliphatic carbocycles. The Morgan fingerprint density at radius 3 is 1.71 bits per heavy atom. The third kappa shape index (κ3) is 51.0. The summed E-state index contributed by atoms with van der Waals surface area (Å²) in [4.78, 5) is 74.0. The molecule has 0 aliphatic heterocycles. The van der Waals surface area contributed by atoms with Crippen molar-refractivity contribution in [1.29, 1.82) is 0 Å². The van der Waals surface area contributed by atoms with Gasteiger partial charge in [0.1, 0.15) is 12.6 Å². The molecular formula is C33H62BN5O8Y-2. The fourth-order valence-electron chi connectivity index (χ4n) is 3.52. The Kier molecular flexibility index (Phi) is 49.9. The summed E-state index contributed by atoms with van der Waals surface area (Å²) in [5.41, 5.74) is 10.1. The SMILES string of the molecule is CCN.CNC(C=O)CCC(=O)NCCN(C=O)C[C-]=O.O=CCCCCCCCCCCCCCCC(=O)O.[B]C(=O)C(C)(C)[NH-].[Y]. The summed E-state index contributed by atoms with van der Waals surface area (Å²) in [6, 6.07) is -0.327. The molecule has 0 aromatic carbocycles. The van der Waals surface area contributed by atoms with E-state index in [1.807, 2.05) is 6.92 Å². The van der Waals surface area contributed by atoms with E-state index in [1.54, 1.807) is 13.3 Å². The Labute approximate surface area is 315 Å². The molecule has 2 amide bonds. The summed E-state index contributed by atoms with van der Waals surface area (Å²) in [5, 5.41) is 13.8. The first-order valence-corrected chi connectivity index (χ1v) is 16.6. The van der Waals surface area contributed by atoms with E-state index in [-0.39, 0.29) is 70.7 Å². The van der Waals surface area contributed by atoms with Crippen molar-refractivity contribution in [2.45, 2.75) is 135 Å². The summed E-state index contributed by atoms with van der Waals surface area (Å²) in [5.74, 6) is -0.869. The zero-order valence-electron chi connectivity index (χ0n) is 29.9. The van der Waals surface area contributed by atoms with E-state index in [9.17, 15) is 33.6 Å². The van der Waals surface area contributed by atoms with E-state index in [4.69, 9.17) is 24.4 Å². The first-order chi connectivity index (χ1) is 22.3. The number of nitrogens with one attached hydrogen (secondary N) is 3. The molecule has 1 unspecified atom stereocenters. The molecule has 275 valence electrons. The maximum Gasteiger partial charge on any atom is 0.303 e. The van der Waals surface area contributed by atoms with Crippen molar-refractivity contribution in [3.8, 4) is 0 Å². The molecule has 0 heterocycles. The van der Waals surface area contributed by atoms with Gasteiger partial charge in [0.15, 0.2) is 7.85 Å². The smallest absolute Gasteiger partial charge is 0.303 e. The number of likely N-dealkylation sites (N-methyl/N-ethyl adjacent to an activating group) is 1. The fraction of sp³-hybridized carbons (Fsp3) is 0.788. The number of carbonyl (C=O) groups excluding carboxylic acids is 6. The molecule has 3 radical (unpaired) electrons. The van der Waals surface area contributed by atoms with Crippen LogP contribution in [0.5, 0.6) is 0 Å². The van der Waals surface area contributed by atoms with Gasteiger partial charge in [0.25, 0.3) is 0 Å². The van der Waals surface area contributed by atoms with Crippen LogP contribution in [0.15, 0.2) is 0 Å². The van der Waals surface area contributed by atoms with Gasteiger partial charge in [-0.15, -0.1) is 0 Å². The van der Waals surface area contributed by atoms with Gasteiger partial charge in [-0.2, -0.15) is 0 Å². The van der Waals surface area contributed by atoms with E-state index in [2.05, 4.69) is 10.6 Å². The van der Waals surface area contributed by atoms with Crippen molar-refractivity contribution in [3.05, 3.63) is 5.73 Å². The second kappa shape index (κ2) is 43.2. The Morgan fingerprint density at radius 2 is 1.38 bits per heavy atom. The zero-order valence-corrected chi connectivity index (χ0v) is 32.8. The van der Waals surface area contributed by atoms with E-state index < -0.39 is 17.2 Å². The Balaban J connectivity index is -0.000000198. The van der Waals surface area contributed by atoms with E-state index >= 15 is 0 Å². The van der Waals surface area contributed by atoms with Crippen molar-refractivity contribution in [1.82, 2.24) is 15.5 Å². The monoisotopic (exact) mass is 756 g/mol. The molecule has 13 nitrogen and oxygen atoms in total. The molecule has 0 spiro atoms. The van der Waals surface area contributed by atoms with Crippen LogP contribution in [0.1, 0.15) is 124 Å². The normalized spacial score (nSPS) is 10.5. The third-order valence-electron chi connectivity index (χ3n) is 6.43. The number of aldehydes is 2. The number of aliphatic carboxylic acids is 1. The summed E-state index contributed by atoms with van der Waals surface area (Å²) >= 11 is 0. The van der Waals surface area contributed by atoms with Gasteiger partial charge in [0.2, 0.25) is 12.3 Å². The number of nitrogens with zero attached hydrogens (tertiary/aromatic N) is 1. The molecule has 0 saturated carbocycles. The van der Waals surface area contributed by atoms with Crippen molar-refractivity contribution in [2.24, 2.45) is 5.73 Å². The van der Waals surface area contributed by atoms with Crippen LogP contribution in [-0.2, 0) is 66.3 Å². The molecular weight excluding hydrogens is 694 g/mol. The van der Waals surface area contributed by atoms with Crippen LogP contribution in [-0.4, -0.2) is 105 Å². The largest absolute Gasteiger partial charge is 0.667 e. The number of amides is 2. The minimum atomic E-state index is -1.11. The number of hydrogen-bond acceptors (Lipinski definition) is 9. The minimum absolute atomic E-state index is 0. The predicted octanol–water partition coefficient (Wildman–Crippen LogP) is 3.44. The van der Waals surface area contributed by atoms with E-state index in [1.165, 1.54) is 76.5 Å². The molecule has 48 heavy (non-hydrogen) atoms. The van der Waals surface area contributed by atoms with Crippen molar-refractivity contribution >= 4 is 50.7 Å². The zero-order chi connectivity index (χ0) is 36.8. The maximum atomic E-state index is 11.4. The molecule has 0 aromatic rings. The van der Waals surface area contributed by atoms with Crippen LogP contribution in [0.25, 0.3) is 5.73 Å². The molecule has 15 heteroatoms. The number of unbranched alkanes of at least 4 members (excludes halogenated alkanes) is 12. The summed E-state index contributed by atoms with van der Waals surface area (Å²) in [7, 11) is 6.39. The van der Waals surface area contributed by atoms with Gasteiger partial charge in [-0.1, -0.05) is 97.1 Å². The van der Waals surface area contributed by atoms with Gasteiger partial charge in [-0.3, -0.25) is 14.4 Å². The number of nitrogens with two attached hydrogens (primary N) is 1. The average Bonchev–Trinajstić information content (AvgIpc) is 3.01. The predicted molar refractivity (Wildman–Crippen MR) is 187 cm³/mol. The van der Waals surface area contributed by atoms with E-state index in [0.29, 0.717) is 19.3 Å². The quantitative estimate of drug-likeness (QED) is 0.0414. The first-order valence-electron chi connectivity index (χ1n) is 16.6. The van der Waals surface area contributed by atoms with Gasteiger partial charge < -0.3 is 51.3 Å². The number of carbonyl (C=O) groups is 6. The second-order valence-corrected chi connectivity index (χ2v) is 11.4. The maximum absolute atomic E-state index is 11.4. The van der Waals surface area contributed by atoms with Crippen LogP contribution in [0.2, 0.25) is 0 Å². The van der Waals surface area contributed by atoms with Crippen molar-refractivity contribution in [2.75, 3.05) is 33.2 Å².